The molecule has 5 nitrogen and oxygen atoms in total. The number of ether oxygens (including phenoxy) is 1. The molecule has 0 radical (unpaired) electrons. The van der Waals surface area contributed by atoms with Crippen LogP contribution in [-0.4, -0.2) is 45.2 Å². The first-order valence-electron chi connectivity index (χ1n) is 7.82. The minimum Gasteiger partial charge on any atom is -0.382 e. The quantitative estimate of drug-likeness (QED) is 0.631. The summed E-state index contributed by atoms with van der Waals surface area (Å²) in [4.78, 5) is 25.3. The second-order valence-electron chi connectivity index (χ2n) is 5.97. The van der Waals surface area contributed by atoms with E-state index in [1.165, 1.54) is 12.1 Å². The molecule has 1 fully saturated rings. The van der Waals surface area contributed by atoms with E-state index in [2.05, 4.69) is 0 Å². The summed E-state index contributed by atoms with van der Waals surface area (Å²) < 4.78 is 5.35. The number of ketones is 2. The lowest BCUT2D eigenvalue weighted by Gasteiger charge is -2.29. The minimum atomic E-state index is -2.09. The number of benzene rings is 2. The van der Waals surface area contributed by atoms with Crippen LogP contribution < -0.4 is 0 Å². The summed E-state index contributed by atoms with van der Waals surface area (Å²) in [7, 11) is 0. The lowest BCUT2D eigenvalue weighted by molar-refractivity contribution is -0.0716. The van der Waals surface area contributed by atoms with Gasteiger partial charge in [-0.15, -0.1) is 0 Å². The van der Waals surface area contributed by atoms with Crippen molar-refractivity contribution in [3.05, 3.63) is 71.8 Å². The van der Waals surface area contributed by atoms with Gasteiger partial charge in [-0.3, -0.25) is 9.59 Å². The van der Waals surface area contributed by atoms with E-state index in [4.69, 9.17) is 16.3 Å². The van der Waals surface area contributed by atoms with E-state index in [0.717, 1.165) is 0 Å². The molecule has 6 heteroatoms. The Balaban J connectivity index is 1.91. The van der Waals surface area contributed by atoms with Gasteiger partial charge >= 0.3 is 0 Å². The number of rotatable bonds is 5. The summed E-state index contributed by atoms with van der Waals surface area (Å²) in [5.41, 5.74) is -2.56. The van der Waals surface area contributed by atoms with E-state index in [1.54, 1.807) is 48.5 Å². The summed E-state index contributed by atoms with van der Waals surface area (Å²) >= 11 is 5.96. The molecule has 1 aliphatic heterocycles. The first-order valence-corrected chi connectivity index (χ1v) is 8.26. The number of Topliss-reactive ketones (excluding diaryl/α,β-unsaturated/α-hetero) is 2. The Hall–Kier alpha value is -2.05. The van der Waals surface area contributed by atoms with Gasteiger partial charge in [0.2, 0.25) is 0 Å². The van der Waals surface area contributed by atoms with Crippen molar-refractivity contribution in [1.29, 1.82) is 0 Å². The molecule has 4 atom stereocenters. The molecule has 130 valence electrons. The van der Waals surface area contributed by atoms with Gasteiger partial charge in [-0.05, 0) is 0 Å². The van der Waals surface area contributed by atoms with Crippen LogP contribution in [-0.2, 0) is 4.74 Å². The van der Waals surface area contributed by atoms with Crippen LogP contribution in [0.1, 0.15) is 27.1 Å². The lowest BCUT2D eigenvalue weighted by atomic mass is 9.82. The minimum absolute atomic E-state index is 0.216. The Morgan fingerprint density at radius 3 is 2.12 bits per heavy atom. The van der Waals surface area contributed by atoms with E-state index in [0.29, 0.717) is 0 Å². The Kier molecular flexibility index (Phi) is 5.01. The molecule has 2 unspecified atom stereocenters. The first-order chi connectivity index (χ1) is 11.9. The van der Waals surface area contributed by atoms with Gasteiger partial charge < -0.3 is 14.9 Å². The van der Waals surface area contributed by atoms with Crippen LogP contribution in [0.2, 0.25) is 0 Å². The van der Waals surface area contributed by atoms with Crippen LogP contribution in [0.25, 0.3) is 0 Å². The monoisotopic (exact) mass is 360 g/mol. The van der Waals surface area contributed by atoms with Crippen molar-refractivity contribution in [3.8, 4) is 0 Å². The van der Waals surface area contributed by atoms with E-state index in [-0.39, 0.29) is 17.5 Å². The molecule has 2 N–H and O–H groups in total. The number of hydrogen-bond acceptors (Lipinski definition) is 5. The van der Waals surface area contributed by atoms with E-state index >= 15 is 0 Å². The third kappa shape index (κ3) is 3.37. The zero-order valence-electron chi connectivity index (χ0n) is 13.2. The largest absolute Gasteiger partial charge is 0.382 e. The predicted octanol–water partition coefficient (Wildman–Crippen LogP) is 2.20. The van der Waals surface area contributed by atoms with Crippen LogP contribution in [0.4, 0.5) is 0 Å². The molecule has 2 aromatic rings. The number of hydrogen-bond donors (Lipinski definition) is 2. The highest BCUT2D eigenvalue weighted by Gasteiger charge is 2.56. The van der Waals surface area contributed by atoms with E-state index in [1.807, 2.05) is 0 Å². The molecule has 0 amide bonds. The van der Waals surface area contributed by atoms with Gasteiger partial charge in [0.25, 0.3) is 0 Å². The SMILES string of the molecule is O=C(c1ccccc1)C(O)[C@H]1OC(Cl)C[C@@]1(O)C(=O)c1ccccc1. The molecule has 0 aliphatic carbocycles. The fraction of sp³-hybridized carbons (Fsp3) is 0.263. The van der Waals surface area contributed by atoms with Crippen molar-refractivity contribution in [3.63, 3.8) is 0 Å². The maximum absolute atomic E-state index is 12.8. The smallest absolute Gasteiger partial charge is 0.197 e. The Morgan fingerprint density at radius 1 is 1.04 bits per heavy atom. The third-order valence-electron chi connectivity index (χ3n) is 4.28. The number of carbonyl (C=O) groups is 2. The number of carbonyl (C=O) groups excluding carboxylic acids is 2. The predicted molar refractivity (Wildman–Crippen MR) is 91.6 cm³/mol. The van der Waals surface area contributed by atoms with Gasteiger partial charge in [0, 0.05) is 17.5 Å². The molecule has 0 aromatic heterocycles. The summed E-state index contributed by atoms with van der Waals surface area (Å²) in [6, 6.07) is 16.3. The van der Waals surface area contributed by atoms with Gasteiger partial charge in [0.1, 0.15) is 17.8 Å². The summed E-state index contributed by atoms with van der Waals surface area (Å²) in [6.07, 6.45) is -3.38. The van der Waals surface area contributed by atoms with Gasteiger partial charge in [-0.25, -0.2) is 0 Å². The molecular weight excluding hydrogens is 344 g/mol. The topological polar surface area (TPSA) is 83.8 Å². The van der Waals surface area contributed by atoms with E-state index < -0.39 is 34.9 Å². The number of alkyl halides is 1. The Labute approximate surface area is 149 Å². The molecular formula is C19H17ClO5. The zero-order chi connectivity index (χ0) is 18.0. The molecule has 1 heterocycles. The molecule has 1 saturated heterocycles. The highest BCUT2D eigenvalue weighted by atomic mass is 35.5. The molecule has 2 aromatic carbocycles. The third-order valence-corrected chi connectivity index (χ3v) is 4.54. The highest BCUT2D eigenvalue weighted by molar-refractivity contribution is 6.20. The summed E-state index contributed by atoms with van der Waals surface area (Å²) in [5.74, 6) is -1.28. The summed E-state index contributed by atoms with van der Waals surface area (Å²) in [5, 5.41) is 21.4. The second-order valence-corrected chi connectivity index (χ2v) is 6.45. The van der Waals surface area contributed by atoms with Crippen LogP contribution in [0.5, 0.6) is 0 Å². The Bertz CT molecular complexity index is 764. The van der Waals surface area contributed by atoms with Crippen molar-refractivity contribution in [2.75, 3.05) is 0 Å². The van der Waals surface area contributed by atoms with Gasteiger partial charge in [0.05, 0.1) is 0 Å². The van der Waals surface area contributed by atoms with Crippen molar-refractivity contribution < 1.29 is 24.5 Å². The molecule has 3 rings (SSSR count). The lowest BCUT2D eigenvalue weighted by Crippen LogP contribution is -2.53. The zero-order valence-corrected chi connectivity index (χ0v) is 14.0. The number of halogens is 1. The normalized spacial score (nSPS) is 27.0. The van der Waals surface area contributed by atoms with Crippen molar-refractivity contribution in [2.45, 2.75) is 29.8 Å². The van der Waals surface area contributed by atoms with Crippen LogP contribution in [0.3, 0.4) is 0 Å². The average Bonchev–Trinajstić information content (AvgIpc) is 2.96. The molecule has 0 bridgehead atoms. The van der Waals surface area contributed by atoms with E-state index in [9.17, 15) is 19.8 Å². The number of aliphatic hydroxyl groups is 2. The maximum Gasteiger partial charge on any atom is 0.197 e. The van der Waals surface area contributed by atoms with Crippen molar-refractivity contribution in [2.24, 2.45) is 0 Å². The van der Waals surface area contributed by atoms with Crippen molar-refractivity contribution in [1.82, 2.24) is 0 Å². The molecule has 1 aliphatic rings. The van der Waals surface area contributed by atoms with Crippen molar-refractivity contribution >= 4 is 23.2 Å². The van der Waals surface area contributed by atoms with Gasteiger partial charge in [-0.1, -0.05) is 72.3 Å². The summed E-state index contributed by atoms with van der Waals surface area (Å²) in [6.45, 7) is 0. The molecule has 0 spiro atoms. The van der Waals surface area contributed by atoms with Gasteiger partial charge in [-0.2, -0.15) is 0 Å². The maximum atomic E-state index is 12.8. The fourth-order valence-electron chi connectivity index (χ4n) is 2.99. The van der Waals surface area contributed by atoms with Crippen LogP contribution in [0.15, 0.2) is 60.7 Å². The second kappa shape index (κ2) is 7.06. The number of aliphatic hydroxyl groups excluding tert-OH is 1. The van der Waals surface area contributed by atoms with Gasteiger partial charge in [0.15, 0.2) is 17.2 Å². The average molecular weight is 361 g/mol. The highest BCUT2D eigenvalue weighted by Crippen LogP contribution is 2.37. The molecule has 25 heavy (non-hydrogen) atoms. The van der Waals surface area contributed by atoms with Crippen LogP contribution in [0, 0.1) is 0 Å². The Morgan fingerprint density at radius 2 is 1.56 bits per heavy atom. The molecule has 0 saturated carbocycles. The van der Waals surface area contributed by atoms with Crippen LogP contribution >= 0.6 is 11.6 Å². The standard InChI is InChI=1S/C19H17ClO5/c20-14-11-19(24,17(23)13-9-5-2-6-10-13)18(25-14)16(22)15(21)12-7-3-1-4-8-12/h1-10,14,16,18,22,24H,11H2/t14?,16?,18-,19-/m1/s1. The first kappa shape index (κ1) is 17.8. The fourth-order valence-corrected chi connectivity index (χ4v) is 3.33.